The fraction of sp³-hybridized carbons (Fsp3) is 0.344. The Morgan fingerprint density at radius 1 is 1.15 bits per heavy atom. The Hall–Kier alpha value is -3.75. The molecule has 0 saturated carbocycles. The lowest BCUT2D eigenvalue weighted by Crippen LogP contribution is -2.28. The van der Waals surface area contributed by atoms with E-state index < -0.39 is 17.7 Å². The lowest BCUT2D eigenvalue weighted by molar-refractivity contribution is -0.160. The Kier molecular flexibility index (Phi) is 6.23. The number of aromatic amines is 1. The smallest absolute Gasteiger partial charge is 0.337 e. The molecule has 206 valence electrons. The fourth-order valence-electron chi connectivity index (χ4n) is 6.06. The summed E-state index contributed by atoms with van der Waals surface area (Å²) < 4.78 is 12.2. The topological polar surface area (TPSA) is 102 Å². The van der Waals surface area contributed by atoms with E-state index in [2.05, 4.69) is 11.9 Å². The molecule has 0 saturated heterocycles. The fourth-order valence-corrected chi connectivity index (χ4v) is 6.81. The van der Waals surface area contributed by atoms with Crippen LogP contribution in [0.25, 0.3) is 43.1 Å². The van der Waals surface area contributed by atoms with E-state index in [0.29, 0.717) is 34.2 Å². The number of carboxylic acids is 1. The summed E-state index contributed by atoms with van der Waals surface area (Å²) >= 11 is 1.53. The molecule has 0 amide bonds. The van der Waals surface area contributed by atoms with Crippen LogP contribution in [0.1, 0.15) is 61.1 Å². The number of fused-ring (bicyclic) bond motifs is 5. The number of nitrogens with zero attached hydrogens (tertiary/aromatic N) is 1. The minimum absolute atomic E-state index is 0.255. The van der Waals surface area contributed by atoms with Gasteiger partial charge in [-0.1, -0.05) is 6.07 Å². The van der Waals surface area contributed by atoms with Gasteiger partial charge in [-0.25, -0.2) is 9.78 Å². The molecule has 5 aromatic rings. The van der Waals surface area contributed by atoms with Gasteiger partial charge in [0.05, 0.1) is 28.6 Å². The van der Waals surface area contributed by atoms with Gasteiger partial charge in [-0.05, 0) is 111 Å². The summed E-state index contributed by atoms with van der Waals surface area (Å²) in [6.45, 7) is 12.2. The molecule has 6 rings (SSSR count). The van der Waals surface area contributed by atoms with Crippen LogP contribution in [0.5, 0.6) is 5.75 Å². The Morgan fingerprint density at radius 2 is 1.93 bits per heavy atom. The lowest BCUT2D eigenvalue weighted by Gasteiger charge is -2.30. The molecule has 4 heterocycles. The summed E-state index contributed by atoms with van der Waals surface area (Å²) in [6.07, 6.45) is 0.569. The minimum atomic E-state index is -1.25. The zero-order valence-corrected chi connectivity index (χ0v) is 24.3. The number of aromatic nitrogens is 2. The van der Waals surface area contributed by atoms with Gasteiger partial charge < -0.3 is 19.6 Å². The number of thiophene rings is 1. The molecule has 8 heteroatoms. The first-order valence-corrected chi connectivity index (χ1v) is 14.4. The number of aryl methyl sites for hydroxylation is 2. The quantitative estimate of drug-likeness (QED) is 0.228. The van der Waals surface area contributed by atoms with Crippen molar-refractivity contribution in [1.29, 1.82) is 0 Å². The number of rotatable bonds is 4. The van der Waals surface area contributed by atoms with E-state index in [1.807, 2.05) is 64.3 Å². The average Bonchev–Trinajstić information content (AvgIpc) is 3.36. The molecule has 0 fully saturated rings. The van der Waals surface area contributed by atoms with Crippen LogP contribution in [-0.4, -0.2) is 33.3 Å². The van der Waals surface area contributed by atoms with E-state index in [9.17, 15) is 14.7 Å². The predicted octanol–water partition coefficient (Wildman–Crippen LogP) is 7.15. The predicted molar refractivity (Wildman–Crippen MR) is 160 cm³/mol. The van der Waals surface area contributed by atoms with Gasteiger partial charge in [0.15, 0.2) is 6.10 Å². The first kappa shape index (κ1) is 26.5. The highest BCUT2D eigenvalue weighted by Crippen LogP contribution is 2.45. The van der Waals surface area contributed by atoms with E-state index >= 15 is 0 Å². The molecule has 0 radical (unpaired) electrons. The minimum Gasteiger partial charge on any atom is -0.493 e. The Bertz CT molecular complexity index is 1910. The van der Waals surface area contributed by atoms with E-state index in [1.54, 1.807) is 0 Å². The molecule has 0 aliphatic carbocycles. The molecule has 1 aliphatic heterocycles. The van der Waals surface area contributed by atoms with Gasteiger partial charge in [0, 0.05) is 16.3 Å². The van der Waals surface area contributed by atoms with E-state index in [0.717, 1.165) is 62.0 Å². The largest absolute Gasteiger partial charge is 0.493 e. The van der Waals surface area contributed by atoms with Crippen molar-refractivity contribution in [3.8, 4) is 16.9 Å². The number of carboxylic acid groups (broad SMARTS) is 1. The van der Waals surface area contributed by atoms with E-state index in [1.165, 1.54) is 11.3 Å². The lowest BCUT2D eigenvalue weighted by atomic mass is 9.82. The van der Waals surface area contributed by atoms with Crippen molar-refractivity contribution in [2.24, 2.45) is 0 Å². The SMILES string of the molecule is Cc1c(-c2c([C@H](OC(C)(C)C)C(=O)O)c(C)c3[nH]c(=O)c4cc5ccsc5nc4c3c2C)ccc2c1CCCO2. The summed E-state index contributed by atoms with van der Waals surface area (Å²) in [5.41, 5.74) is 6.20. The van der Waals surface area contributed by atoms with Gasteiger partial charge >= 0.3 is 5.97 Å². The molecule has 2 N–H and O–H groups in total. The van der Waals surface area contributed by atoms with Crippen LogP contribution in [0, 0.1) is 20.8 Å². The number of carbonyl (C=O) groups is 1. The van der Waals surface area contributed by atoms with Crippen LogP contribution in [0.3, 0.4) is 0 Å². The second-order valence-corrected chi connectivity index (χ2v) is 12.5. The van der Waals surface area contributed by atoms with E-state index in [4.69, 9.17) is 14.5 Å². The summed E-state index contributed by atoms with van der Waals surface area (Å²) in [5, 5.41) is 14.7. The molecule has 0 unspecified atom stereocenters. The number of hydrogen-bond donors (Lipinski definition) is 2. The highest BCUT2D eigenvalue weighted by atomic mass is 32.1. The van der Waals surface area contributed by atoms with E-state index in [-0.39, 0.29) is 5.56 Å². The Balaban J connectivity index is 1.80. The number of hydrogen-bond acceptors (Lipinski definition) is 6. The molecular weight excluding hydrogens is 524 g/mol. The number of ether oxygens (including phenoxy) is 2. The second kappa shape index (κ2) is 9.42. The summed E-state index contributed by atoms with van der Waals surface area (Å²) in [7, 11) is 0. The van der Waals surface area contributed by atoms with Gasteiger partial charge in [0.25, 0.3) is 5.56 Å². The third-order valence-corrected chi connectivity index (χ3v) is 8.64. The third kappa shape index (κ3) is 4.17. The monoisotopic (exact) mass is 556 g/mol. The molecule has 40 heavy (non-hydrogen) atoms. The second-order valence-electron chi connectivity index (χ2n) is 11.6. The van der Waals surface area contributed by atoms with Crippen LogP contribution in [0.15, 0.2) is 34.4 Å². The van der Waals surface area contributed by atoms with Gasteiger partial charge in [-0.15, -0.1) is 11.3 Å². The van der Waals surface area contributed by atoms with Gasteiger partial charge in [0.1, 0.15) is 10.6 Å². The molecule has 1 atom stereocenters. The van der Waals surface area contributed by atoms with Crippen molar-refractivity contribution >= 4 is 49.3 Å². The van der Waals surface area contributed by atoms with Gasteiger partial charge in [0.2, 0.25) is 0 Å². The molecule has 3 aromatic heterocycles. The number of nitrogens with one attached hydrogen (secondary N) is 1. The van der Waals surface area contributed by atoms with Crippen molar-refractivity contribution in [3.63, 3.8) is 0 Å². The van der Waals surface area contributed by atoms with Crippen LogP contribution in [-0.2, 0) is 16.0 Å². The number of benzene rings is 2. The van der Waals surface area contributed by atoms with Crippen LogP contribution < -0.4 is 10.3 Å². The van der Waals surface area contributed by atoms with Crippen molar-refractivity contribution < 1.29 is 19.4 Å². The van der Waals surface area contributed by atoms with Crippen molar-refractivity contribution in [3.05, 3.63) is 67.8 Å². The maximum atomic E-state index is 13.4. The Labute approximate surface area is 235 Å². The maximum Gasteiger partial charge on any atom is 0.337 e. The van der Waals surface area contributed by atoms with Crippen LogP contribution in [0.4, 0.5) is 0 Å². The molecule has 0 spiro atoms. The summed E-state index contributed by atoms with van der Waals surface area (Å²) in [5.74, 6) is -0.208. The third-order valence-electron chi connectivity index (χ3n) is 7.82. The van der Waals surface area contributed by atoms with Gasteiger partial charge in [-0.3, -0.25) is 4.79 Å². The van der Waals surface area contributed by atoms with Crippen LogP contribution >= 0.6 is 11.3 Å². The van der Waals surface area contributed by atoms with Crippen molar-refractivity contribution in [2.45, 2.75) is 66.1 Å². The standard InChI is InChI=1S/C32H32N2O5S/c1-15-19-8-7-12-38-22(19)10-9-20(15)23-16(2)25-26(17(3)24(23)28(31(36)37)39-32(4,5)6)33-29(35)21-14-18-11-13-40-30(18)34-27(21)25/h9-11,13-14,28H,7-8,12H2,1-6H3,(H,33,35)(H,36,37)/t28-/m0/s1. The number of pyridine rings is 2. The van der Waals surface area contributed by atoms with Crippen molar-refractivity contribution in [1.82, 2.24) is 9.97 Å². The maximum absolute atomic E-state index is 13.4. The summed E-state index contributed by atoms with van der Waals surface area (Å²) in [6, 6.07) is 7.85. The first-order valence-electron chi connectivity index (χ1n) is 13.5. The molecule has 2 aromatic carbocycles. The zero-order chi connectivity index (χ0) is 28.5. The van der Waals surface area contributed by atoms with Gasteiger partial charge in [-0.2, -0.15) is 0 Å². The Morgan fingerprint density at radius 3 is 2.65 bits per heavy atom. The number of aliphatic carboxylic acids is 1. The molecule has 1 aliphatic rings. The average molecular weight is 557 g/mol. The normalized spacial score (nSPS) is 14.4. The highest BCUT2D eigenvalue weighted by Gasteiger charge is 2.34. The molecule has 0 bridgehead atoms. The zero-order valence-electron chi connectivity index (χ0n) is 23.5. The highest BCUT2D eigenvalue weighted by molar-refractivity contribution is 7.16. The molecule has 7 nitrogen and oxygen atoms in total. The molecular formula is C32H32N2O5S. The number of H-pyrrole nitrogens is 1. The van der Waals surface area contributed by atoms with Crippen LogP contribution in [0.2, 0.25) is 0 Å². The first-order chi connectivity index (χ1) is 19.0. The summed E-state index contributed by atoms with van der Waals surface area (Å²) in [4.78, 5) is 35.1. The van der Waals surface area contributed by atoms with Crippen molar-refractivity contribution in [2.75, 3.05) is 6.61 Å².